The maximum absolute atomic E-state index is 5.70. The third-order valence-electron chi connectivity index (χ3n) is 1.94. The van der Waals surface area contributed by atoms with E-state index in [0.717, 1.165) is 5.92 Å². The van der Waals surface area contributed by atoms with E-state index in [9.17, 15) is 0 Å². The molecule has 68 valence electrons. The Morgan fingerprint density at radius 1 is 1.36 bits per heavy atom. The first-order valence-electron chi connectivity index (χ1n) is 4.55. The number of nitrogens with two attached hydrogens (primary N) is 1. The lowest BCUT2D eigenvalue weighted by molar-refractivity contribution is 0.205. The van der Waals surface area contributed by atoms with Gasteiger partial charge in [0.15, 0.2) is 0 Å². The van der Waals surface area contributed by atoms with Gasteiger partial charge in [0.2, 0.25) is 0 Å². The Balaban J connectivity index is 3.69. The average molecular weight is 158 g/mol. The minimum atomic E-state index is 0.569. The second-order valence-electron chi connectivity index (χ2n) is 3.74. The Morgan fingerprint density at radius 3 is 2.18 bits per heavy atom. The summed E-state index contributed by atoms with van der Waals surface area (Å²) < 4.78 is 0. The molecule has 0 saturated carbocycles. The average Bonchev–Trinajstić information content (AvgIpc) is 1.86. The molecule has 0 rings (SSSR count). The van der Waals surface area contributed by atoms with Crippen molar-refractivity contribution in [1.29, 1.82) is 0 Å². The van der Waals surface area contributed by atoms with E-state index in [1.165, 1.54) is 19.3 Å². The molecule has 0 radical (unpaired) electrons. The molecule has 1 unspecified atom stereocenters. The zero-order valence-electron chi connectivity index (χ0n) is 8.30. The van der Waals surface area contributed by atoms with Crippen molar-refractivity contribution in [2.24, 2.45) is 11.8 Å². The maximum Gasteiger partial charge on any atom is 0.0240 e. The van der Waals surface area contributed by atoms with Crippen LogP contribution in [0.15, 0.2) is 0 Å². The summed E-state index contributed by atoms with van der Waals surface area (Å²) in [6.45, 7) is 6.69. The summed E-state index contributed by atoms with van der Waals surface area (Å²) in [6.07, 6.45) is 3.64. The quantitative estimate of drug-likeness (QED) is 0.490. The van der Waals surface area contributed by atoms with Crippen LogP contribution in [0.5, 0.6) is 0 Å². The fourth-order valence-electron chi connectivity index (χ4n) is 1.37. The highest BCUT2D eigenvalue weighted by atomic mass is 15.4. The van der Waals surface area contributed by atoms with Gasteiger partial charge in [0.05, 0.1) is 0 Å². The molecule has 0 aromatic rings. The topological polar surface area (TPSA) is 29.3 Å². The molecule has 0 spiro atoms. The molecule has 0 bridgehead atoms. The number of hydrogen-bond donors (Lipinski definition) is 1. The zero-order chi connectivity index (χ0) is 8.85. The summed E-state index contributed by atoms with van der Waals surface area (Å²) in [5.41, 5.74) is 0. The monoisotopic (exact) mass is 158 g/mol. The largest absolute Gasteiger partial charge is 0.269 e. The van der Waals surface area contributed by atoms with Crippen LogP contribution >= 0.6 is 0 Å². The number of hydrazine groups is 1. The number of hydrogen-bond acceptors (Lipinski definition) is 2. The van der Waals surface area contributed by atoms with Crippen LogP contribution in [0.2, 0.25) is 0 Å². The molecule has 2 N–H and O–H groups in total. The van der Waals surface area contributed by atoms with Gasteiger partial charge in [0.1, 0.15) is 0 Å². The molecule has 11 heavy (non-hydrogen) atoms. The number of nitrogens with zero attached hydrogens (tertiary/aromatic N) is 1. The fourth-order valence-corrected chi connectivity index (χ4v) is 1.37. The lowest BCUT2D eigenvalue weighted by Gasteiger charge is -2.24. The Bertz CT molecular complexity index is 89.6. The predicted molar refractivity (Wildman–Crippen MR) is 50.1 cm³/mol. The van der Waals surface area contributed by atoms with Gasteiger partial charge >= 0.3 is 0 Å². The molecule has 0 saturated heterocycles. The highest BCUT2D eigenvalue weighted by Gasteiger charge is 2.11. The Kier molecular flexibility index (Phi) is 5.51. The Morgan fingerprint density at radius 2 is 1.91 bits per heavy atom. The Labute approximate surface area is 70.7 Å². The van der Waals surface area contributed by atoms with E-state index in [1.54, 1.807) is 0 Å². The molecule has 0 aliphatic heterocycles. The summed E-state index contributed by atoms with van der Waals surface area (Å²) in [4.78, 5) is 0. The van der Waals surface area contributed by atoms with Gasteiger partial charge in [-0.3, -0.25) is 5.84 Å². The van der Waals surface area contributed by atoms with E-state index in [-0.39, 0.29) is 0 Å². The SMILES string of the molecule is CCCC(CC(C)C)N(C)N. The molecule has 2 heteroatoms. The van der Waals surface area contributed by atoms with Crippen LogP contribution in [0.3, 0.4) is 0 Å². The summed E-state index contributed by atoms with van der Waals surface area (Å²) in [5, 5.41) is 1.85. The normalized spacial score (nSPS) is 14.5. The van der Waals surface area contributed by atoms with Gasteiger partial charge in [0, 0.05) is 13.1 Å². The lowest BCUT2D eigenvalue weighted by Crippen LogP contribution is -2.38. The second-order valence-corrected chi connectivity index (χ2v) is 3.74. The molecule has 0 fully saturated rings. The molecule has 0 heterocycles. The van der Waals surface area contributed by atoms with Gasteiger partial charge < -0.3 is 0 Å². The van der Waals surface area contributed by atoms with Crippen molar-refractivity contribution < 1.29 is 0 Å². The summed E-state index contributed by atoms with van der Waals surface area (Å²) in [7, 11) is 1.96. The van der Waals surface area contributed by atoms with Gasteiger partial charge in [-0.1, -0.05) is 27.2 Å². The summed E-state index contributed by atoms with van der Waals surface area (Å²) >= 11 is 0. The van der Waals surface area contributed by atoms with E-state index in [2.05, 4.69) is 20.8 Å². The van der Waals surface area contributed by atoms with E-state index >= 15 is 0 Å². The molecule has 0 aromatic carbocycles. The van der Waals surface area contributed by atoms with Crippen molar-refractivity contribution >= 4 is 0 Å². The summed E-state index contributed by atoms with van der Waals surface area (Å²) in [5.74, 6) is 6.45. The van der Waals surface area contributed by atoms with E-state index in [1.807, 2.05) is 12.1 Å². The molecule has 0 amide bonds. The molecule has 0 aliphatic rings. The highest BCUT2D eigenvalue weighted by molar-refractivity contribution is 4.65. The third kappa shape index (κ3) is 5.22. The van der Waals surface area contributed by atoms with Crippen molar-refractivity contribution in [3.8, 4) is 0 Å². The van der Waals surface area contributed by atoms with Crippen molar-refractivity contribution in [3.05, 3.63) is 0 Å². The lowest BCUT2D eigenvalue weighted by atomic mass is 10.00. The van der Waals surface area contributed by atoms with Crippen LogP contribution in [0.1, 0.15) is 40.0 Å². The van der Waals surface area contributed by atoms with Crippen LogP contribution in [0.25, 0.3) is 0 Å². The van der Waals surface area contributed by atoms with Crippen LogP contribution in [-0.4, -0.2) is 18.1 Å². The van der Waals surface area contributed by atoms with Gasteiger partial charge in [-0.2, -0.15) is 0 Å². The number of rotatable bonds is 5. The van der Waals surface area contributed by atoms with Gasteiger partial charge in [-0.15, -0.1) is 0 Å². The summed E-state index contributed by atoms with van der Waals surface area (Å²) in [6, 6.07) is 0.569. The van der Waals surface area contributed by atoms with Gasteiger partial charge in [0.25, 0.3) is 0 Å². The molecular weight excluding hydrogens is 136 g/mol. The minimum absolute atomic E-state index is 0.569. The van der Waals surface area contributed by atoms with Crippen molar-refractivity contribution in [3.63, 3.8) is 0 Å². The van der Waals surface area contributed by atoms with E-state index < -0.39 is 0 Å². The van der Waals surface area contributed by atoms with Gasteiger partial charge in [-0.25, -0.2) is 5.01 Å². The van der Waals surface area contributed by atoms with E-state index in [4.69, 9.17) is 5.84 Å². The van der Waals surface area contributed by atoms with Crippen LogP contribution in [0, 0.1) is 5.92 Å². The van der Waals surface area contributed by atoms with Crippen LogP contribution < -0.4 is 5.84 Å². The van der Waals surface area contributed by atoms with Crippen molar-refractivity contribution in [2.75, 3.05) is 7.05 Å². The minimum Gasteiger partial charge on any atom is -0.269 e. The molecule has 0 aliphatic carbocycles. The standard InChI is InChI=1S/C9H22N2/c1-5-6-9(11(4)10)7-8(2)3/h8-9H,5-7,10H2,1-4H3. The zero-order valence-corrected chi connectivity index (χ0v) is 8.30. The smallest absolute Gasteiger partial charge is 0.0240 e. The highest BCUT2D eigenvalue weighted by Crippen LogP contribution is 2.12. The third-order valence-corrected chi connectivity index (χ3v) is 1.94. The molecule has 1 atom stereocenters. The van der Waals surface area contributed by atoms with Gasteiger partial charge in [-0.05, 0) is 18.8 Å². The predicted octanol–water partition coefficient (Wildman–Crippen LogP) is 2.01. The molecule has 2 nitrogen and oxygen atoms in total. The molecular formula is C9H22N2. The van der Waals surface area contributed by atoms with Crippen LogP contribution in [-0.2, 0) is 0 Å². The first kappa shape index (κ1) is 10.9. The first-order chi connectivity index (χ1) is 5.07. The maximum atomic E-state index is 5.70. The van der Waals surface area contributed by atoms with Crippen molar-refractivity contribution in [1.82, 2.24) is 5.01 Å². The first-order valence-corrected chi connectivity index (χ1v) is 4.55. The Hall–Kier alpha value is -0.0800. The fraction of sp³-hybridized carbons (Fsp3) is 1.00. The molecule has 0 aromatic heterocycles. The van der Waals surface area contributed by atoms with E-state index in [0.29, 0.717) is 6.04 Å². The van der Waals surface area contributed by atoms with Crippen molar-refractivity contribution in [2.45, 2.75) is 46.1 Å². The van der Waals surface area contributed by atoms with Crippen LogP contribution in [0.4, 0.5) is 0 Å². The second kappa shape index (κ2) is 5.56.